The van der Waals surface area contributed by atoms with Gasteiger partial charge >= 0.3 is 0 Å². The second-order valence-corrected chi connectivity index (χ2v) is 3.35. The molecule has 1 aromatic rings. The highest BCUT2D eigenvalue weighted by atomic mass is 32.2. The second kappa shape index (κ2) is 4.56. The zero-order valence-corrected chi connectivity index (χ0v) is 7.95. The van der Waals surface area contributed by atoms with Crippen LogP contribution in [0.5, 0.6) is 5.75 Å². The highest BCUT2D eigenvalue weighted by Gasteiger charge is 2.02. The number of rotatable bonds is 2. The van der Waals surface area contributed by atoms with Gasteiger partial charge in [-0.15, -0.1) is 0 Å². The van der Waals surface area contributed by atoms with E-state index in [-0.39, 0.29) is 5.17 Å². The number of nitrogens with two attached hydrogens (primary N) is 2. The van der Waals surface area contributed by atoms with E-state index in [1.165, 1.54) is 6.07 Å². The summed E-state index contributed by atoms with van der Waals surface area (Å²) in [7, 11) is 0. The van der Waals surface area contributed by atoms with Crippen LogP contribution in [-0.2, 0) is 5.75 Å². The first-order chi connectivity index (χ1) is 6.63. The number of amidine groups is 1. The van der Waals surface area contributed by atoms with Crippen LogP contribution in [0.4, 0.5) is 0 Å². The van der Waals surface area contributed by atoms with Gasteiger partial charge < -0.3 is 21.1 Å². The molecule has 0 radical (unpaired) electrons. The Morgan fingerprint density at radius 3 is 3.00 bits per heavy atom. The maximum Gasteiger partial charge on any atom is 0.226 e. The van der Waals surface area contributed by atoms with Gasteiger partial charge in [-0.2, -0.15) is 5.10 Å². The topological polar surface area (TPSA) is 115 Å². The van der Waals surface area contributed by atoms with Crippen LogP contribution in [0.1, 0.15) is 5.76 Å². The van der Waals surface area contributed by atoms with Crippen LogP contribution >= 0.6 is 11.8 Å². The molecule has 6 nitrogen and oxygen atoms in total. The summed E-state index contributed by atoms with van der Waals surface area (Å²) in [4.78, 5) is 10.9. The molecule has 7 heteroatoms. The van der Waals surface area contributed by atoms with Gasteiger partial charge in [0.1, 0.15) is 12.0 Å². The van der Waals surface area contributed by atoms with Crippen molar-refractivity contribution in [1.82, 2.24) is 0 Å². The molecule has 0 aliphatic carbocycles. The van der Waals surface area contributed by atoms with Gasteiger partial charge in [-0.3, -0.25) is 4.79 Å². The molecule has 0 amide bonds. The predicted molar refractivity (Wildman–Crippen MR) is 53.7 cm³/mol. The van der Waals surface area contributed by atoms with Gasteiger partial charge in [-0.1, -0.05) is 11.8 Å². The molecule has 1 heterocycles. The minimum atomic E-state index is -0.491. The number of nitrogens with zero attached hydrogens (tertiary/aromatic N) is 1. The summed E-state index contributed by atoms with van der Waals surface area (Å²) in [5, 5.41) is 12.3. The van der Waals surface area contributed by atoms with Gasteiger partial charge in [-0.05, 0) is 0 Å². The smallest absolute Gasteiger partial charge is 0.226 e. The van der Waals surface area contributed by atoms with Crippen LogP contribution < -0.4 is 17.0 Å². The Morgan fingerprint density at radius 2 is 2.43 bits per heavy atom. The van der Waals surface area contributed by atoms with E-state index in [0.29, 0.717) is 11.5 Å². The van der Waals surface area contributed by atoms with Crippen LogP contribution in [0, 0.1) is 0 Å². The first-order valence-electron chi connectivity index (χ1n) is 3.60. The van der Waals surface area contributed by atoms with Crippen molar-refractivity contribution in [3.63, 3.8) is 0 Å². The molecule has 14 heavy (non-hydrogen) atoms. The van der Waals surface area contributed by atoms with Gasteiger partial charge in [0, 0.05) is 6.07 Å². The standard InChI is InChI=1S/C7H9N3O3S/c8-7(10-9)14-3-4-1-5(11)6(12)2-13-4/h1-2,12H,3,9H2,(H2,8,10). The van der Waals surface area contributed by atoms with E-state index in [1.807, 2.05) is 0 Å². The largest absolute Gasteiger partial charge is 0.502 e. The molecule has 1 rings (SSSR count). The number of aromatic hydroxyl groups is 1. The Kier molecular flexibility index (Phi) is 3.41. The number of hydrogen-bond acceptors (Lipinski definition) is 6. The van der Waals surface area contributed by atoms with Crippen molar-refractivity contribution in [2.24, 2.45) is 16.7 Å². The third-order valence-electron chi connectivity index (χ3n) is 1.36. The van der Waals surface area contributed by atoms with Crippen molar-refractivity contribution >= 4 is 16.9 Å². The predicted octanol–water partition coefficient (Wildman–Crippen LogP) is -0.233. The fraction of sp³-hybridized carbons (Fsp3) is 0.143. The van der Waals surface area contributed by atoms with Gasteiger partial charge in [0.05, 0.1) is 5.75 Å². The second-order valence-electron chi connectivity index (χ2n) is 2.35. The Bertz CT molecular complexity index is 401. The summed E-state index contributed by atoms with van der Waals surface area (Å²) >= 11 is 1.13. The van der Waals surface area contributed by atoms with E-state index in [9.17, 15) is 4.79 Å². The lowest BCUT2D eigenvalue weighted by Crippen LogP contribution is -2.09. The molecule has 0 aliphatic heterocycles. The first-order valence-corrected chi connectivity index (χ1v) is 4.59. The zero-order valence-electron chi connectivity index (χ0n) is 7.14. The number of hydrogen-bond donors (Lipinski definition) is 3. The van der Waals surface area contributed by atoms with E-state index < -0.39 is 11.2 Å². The normalized spacial score (nSPS) is 11.6. The highest BCUT2D eigenvalue weighted by Crippen LogP contribution is 2.11. The van der Waals surface area contributed by atoms with Crippen molar-refractivity contribution in [2.75, 3.05) is 0 Å². The fourth-order valence-electron chi connectivity index (χ4n) is 0.702. The van der Waals surface area contributed by atoms with Crippen LogP contribution in [-0.4, -0.2) is 10.3 Å². The lowest BCUT2D eigenvalue weighted by molar-refractivity contribution is 0.419. The van der Waals surface area contributed by atoms with Crippen molar-refractivity contribution in [2.45, 2.75) is 5.75 Å². The average molecular weight is 215 g/mol. The van der Waals surface area contributed by atoms with Crippen molar-refractivity contribution in [1.29, 1.82) is 0 Å². The summed E-state index contributed by atoms with van der Waals surface area (Å²) < 4.78 is 4.91. The van der Waals surface area contributed by atoms with Crippen molar-refractivity contribution in [3.8, 4) is 5.75 Å². The third-order valence-corrected chi connectivity index (χ3v) is 2.19. The van der Waals surface area contributed by atoms with E-state index in [1.54, 1.807) is 0 Å². The Hall–Kier alpha value is -1.63. The molecule has 0 bridgehead atoms. The maximum atomic E-state index is 10.9. The van der Waals surface area contributed by atoms with E-state index >= 15 is 0 Å². The summed E-state index contributed by atoms with van der Waals surface area (Å²) in [5.74, 6) is 5.21. The first kappa shape index (κ1) is 10.5. The molecule has 0 aliphatic rings. The quantitative estimate of drug-likeness (QED) is 0.271. The van der Waals surface area contributed by atoms with E-state index in [2.05, 4.69) is 5.10 Å². The molecular formula is C7H9N3O3S. The van der Waals surface area contributed by atoms with Gasteiger partial charge in [0.15, 0.2) is 10.9 Å². The molecule has 0 unspecified atom stereocenters. The van der Waals surface area contributed by atoms with Gasteiger partial charge in [0.2, 0.25) is 5.43 Å². The summed E-state index contributed by atoms with van der Waals surface area (Å²) in [5.41, 5.74) is 4.82. The molecule has 5 N–H and O–H groups in total. The Labute approximate surface area is 83.6 Å². The monoisotopic (exact) mass is 215 g/mol. The number of hydrazone groups is 1. The Balaban J connectivity index is 2.69. The minimum absolute atomic E-state index is 0.195. The molecule has 0 spiro atoms. The molecule has 76 valence electrons. The fourth-order valence-corrected chi connectivity index (χ4v) is 1.22. The van der Waals surface area contributed by atoms with Crippen LogP contribution in [0.15, 0.2) is 26.6 Å². The average Bonchev–Trinajstić information content (AvgIpc) is 2.19. The maximum absolute atomic E-state index is 10.9. The third kappa shape index (κ3) is 2.70. The van der Waals surface area contributed by atoms with Gasteiger partial charge in [0.25, 0.3) is 0 Å². The summed E-state index contributed by atoms with van der Waals surface area (Å²) in [6, 6.07) is 1.19. The number of thioether (sulfide) groups is 1. The SMILES string of the molecule is N/N=C(\N)SCc1cc(=O)c(O)co1. The van der Waals surface area contributed by atoms with Crippen LogP contribution in [0.2, 0.25) is 0 Å². The lowest BCUT2D eigenvalue weighted by atomic mass is 10.4. The lowest BCUT2D eigenvalue weighted by Gasteiger charge is -1.98. The van der Waals surface area contributed by atoms with E-state index in [4.69, 9.17) is 21.1 Å². The molecule has 0 saturated heterocycles. The zero-order chi connectivity index (χ0) is 10.6. The molecule has 0 aromatic carbocycles. The molecule has 0 atom stereocenters. The molecule has 0 saturated carbocycles. The van der Waals surface area contributed by atoms with Crippen molar-refractivity contribution in [3.05, 3.63) is 28.3 Å². The molecule has 0 fully saturated rings. The summed E-state index contributed by atoms with van der Waals surface area (Å²) in [6.07, 6.45) is 0.980. The minimum Gasteiger partial charge on any atom is -0.502 e. The van der Waals surface area contributed by atoms with E-state index in [0.717, 1.165) is 18.0 Å². The van der Waals surface area contributed by atoms with Crippen molar-refractivity contribution < 1.29 is 9.52 Å². The molecular weight excluding hydrogens is 206 g/mol. The van der Waals surface area contributed by atoms with Gasteiger partial charge in [-0.25, -0.2) is 0 Å². The highest BCUT2D eigenvalue weighted by molar-refractivity contribution is 8.13. The van der Waals surface area contributed by atoms with Crippen LogP contribution in [0.3, 0.4) is 0 Å². The summed E-state index contributed by atoms with van der Waals surface area (Å²) in [6.45, 7) is 0. The molecule has 1 aromatic heterocycles. The Morgan fingerprint density at radius 1 is 1.71 bits per heavy atom. The van der Waals surface area contributed by atoms with Crippen LogP contribution in [0.25, 0.3) is 0 Å².